The third kappa shape index (κ3) is 4.98. The lowest BCUT2D eigenvalue weighted by molar-refractivity contribution is 0.200. The first-order valence-electron chi connectivity index (χ1n) is 8.84. The zero-order valence-corrected chi connectivity index (χ0v) is 18.6. The van der Waals surface area contributed by atoms with E-state index in [1.54, 1.807) is 39.2 Å². The Morgan fingerprint density at radius 1 is 0.966 bits per heavy atom. The molecule has 0 amide bonds. The molecule has 0 bridgehead atoms. The Labute approximate surface area is 184 Å². The van der Waals surface area contributed by atoms with Gasteiger partial charge >= 0.3 is 0 Å². The fraction of sp³-hybridized carbons (Fsp3) is 0.300. The zero-order valence-electron chi connectivity index (χ0n) is 16.3. The molecule has 154 valence electrons. The topological polar surface area (TPSA) is 58.4 Å². The average Bonchev–Trinajstić information content (AvgIpc) is 3.14. The lowest BCUT2D eigenvalue weighted by atomic mass is 10.2. The third-order valence-electron chi connectivity index (χ3n) is 4.15. The minimum absolute atomic E-state index is 0.498. The van der Waals surface area contributed by atoms with Crippen molar-refractivity contribution in [1.29, 1.82) is 0 Å². The van der Waals surface area contributed by atoms with E-state index in [0.717, 1.165) is 28.6 Å². The summed E-state index contributed by atoms with van der Waals surface area (Å²) in [5, 5.41) is 10.7. The zero-order chi connectivity index (χ0) is 20.8. The first kappa shape index (κ1) is 21.8. The molecule has 3 rings (SSSR count). The molecule has 0 atom stereocenters. The Morgan fingerprint density at radius 2 is 1.72 bits per heavy atom. The molecule has 0 saturated carbocycles. The van der Waals surface area contributed by atoms with Gasteiger partial charge in [0.15, 0.2) is 11.0 Å². The Bertz CT molecular complexity index is 982. The second kappa shape index (κ2) is 10.2. The highest BCUT2D eigenvalue weighted by atomic mass is 35.5. The third-order valence-corrected chi connectivity index (χ3v) is 5.70. The standard InChI is InChI=1S/C20H21Cl2N3O3S/c1-26-9-4-10-29-20-24-23-19(15-11-13(21)5-7-17(15)27-2)25(20)14-6-8-18(28-3)16(22)12-14/h5-8,11-12H,4,9-10H2,1-3H3. The second-order valence-corrected chi connectivity index (χ2v) is 7.91. The molecule has 0 aliphatic rings. The van der Waals surface area contributed by atoms with Crippen LogP contribution in [-0.4, -0.2) is 48.5 Å². The molecule has 0 saturated heterocycles. The van der Waals surface area contributed by atoms with Crippen LogP contribution in [0.1, 0.15) is 6.42 Å². The lowest BCUT2D eigenvalue weighted by Crippen LogP contribution is -2.02. The molecular formula is C20H21Cl2N3O3S. The number of benzene rings is 2. The molecule has 0 unspecified atom stereocenters. The van der Waals surface area contributed by atoms with Crippen LogP contribution in [0, 0.1) is 0 Å². The van der Waals surface area contributed by atoms with Crippen LogP contribution in [0.4, 0.5) is 0 Å². The van der Waals surface area contributed by atoms with E-state index in [4.69, 9.17) is 37.4 Å². The van der Waals surface area contributed by atoms with Crippen LogP contribution in [-0.2, 0) is 4.74 Å². The Kier molecular flexibility index (Phi) is 7.66. The molecule has 0 N–H and O–H groups in total. The molecule has 0 fully saturated rings. The van der Waals surface area contributed by atoms with Crippen LogP contribution in [0.3, 0.4) is 0 Å². The van der Waals surface area contributed by atoms with Gasteiger partial charge in [-0.25, -0.2) is 0 Å². The van der Waals surface area contributed by atoms with Crippen molar-refractivity contribution in [3.63, 3.8) is 0 Å². The van der Waals surface area contributed by atoms with Crippen LogP contribution in [0.5, 0.6) is 11.5 Å². The van der Waals surface area contributed by atoms with Crippen molar-refractivity contribution in [2.75, 3.05) is 33.7 Å². The summed E-state index contributed by atoms with van der Waals surface area (Å²) in [5.41, 5.74) is 1.55. The molecule has 0 aliphatic heterocycles. The van der Waals surface area contributed by atoms with E-state index >= 15 is 0 Å². The monoisotopic (exact) mass is 453 g/mol. The van der Waals surface area contributed by atoms with Gasteiger partial charge in [0, 0.05) is 24.5 Å². The van der Waals surface area contributed by atoms with Crippen molar-refractivity contribution >= 4 is 35.0 Å². The largest absolute Gasteiger partial charge is 0.496 e. The number of nitrogens with zero attached hydrogens (tertiary/aromatic N) is 3. The summed E-state index contributed by atoms with van der Waals surface area (Å²) in [6.07, 6.45) is 0.896. The fourth-order valence-electron chi connectivity index (χ4n) is 2.79. The quantitative estimate of drug-likeness (QED) is 0.319. The summed E-state index contributed by atoms with van der Waals surface area (Å²) in [7, 11) is 4.88. The summed E-state index contributed by atoms with van der Waals surface area (Å²) in [5.74, 6) is 2.70. The number of ether oxygens (including phenoxy) is 3. The molecule has 1 aromatic heterocycles. The van der Waals surface area contributed by atoms with Gasteiger partial charge in [0.05, 0.1) is 30.5 Å². The van der Waals surface area contributed by atoms with Gasteiger partial charge in [0.1, 0.15) is 11.5 Å². The molecule has 9 heteroatoms. The van der Waals surface area contributed by atoms with Gasteiger partial charge in [0.25, 0.3) is 0 Å². The maximum Gasteiger partial charge on any atom is 0.196 e. The van der Waals surface area contributed by atoms with Gasteiger partial charge in [-0.3, -0.25) is 4.57 Å². The van der Waals surface area contributed by atoms with E-state index in [1.165, 1.54) is 0 Å². The number of aromatic nitrogens is 3. The molecule has 3 aromatic rings. The van der Waals surface area contributed by atoms with Crippen molar-refractivity contribution in [2.24, 2.45) is 0 Å². The van der Waals surface area contributed by atoms with Crippen molar-refractivity contribution in [3.05, 3.63) is 46.4 Å². The molecule has 6 nitrogen and oxygen atoms in total. The molecule has 0 spiro atoms. The molecule has 0 aliphatic carbocycles. The van der Waals surface area contributed by atoms with E-state index in [0.29, 0.717) is 34.0 Å². The molecule has 0 radical (unpaired) electrons. The summed E-state index contributed by atoms with van der Waals surface area (Å²) >= 11 is 14.2. The van der Waals surface area contributed by atoms with Crippen molar-refractivity contribution in [1.82, 2.24) is 14.8 Å². The van der Waals surface area contributed by atoms with Gasteiger partial charge in [-0.1, -0.05) is 35.0 Å². The van der Waals surface area contributed by atoms with Crippen molar-refractivity contribution in [2.45, 2.75) is 11.6 Å². The van der Waals surface area contributed by atoms with Crippen LogP contribution in [0.15, 0.2) is 41.6 Å². The Balaban J connectivity index is 2.11. The highest BCUT2D eigenvalue weighted by molar-refractivity contribution is 7.99. The second-order valence-electron chi connectivity index (χ2n) is 6.00. The number of thioether (sulfide) groups is 1. The van der Waals surface area contributed by atoms with Crippen LogP contribution in [0.2, 0.25) is 10.0 Å². The van der Waals surface area contributed by atoms with E-state index in [9.17, 15) is 0 Å². The van der Waals surface area contributed by atoms with Gasteiger partial charge in [-0.05, 0) is 42.8 Å². The minimum atomic E-state index is 0.498. The number of methoxy groups -OCH3 is 3. The van der Waals surface area contributed by atoms with Gasteiger partial charge in [-0.2, -0.15) is 0 Å². The first-order valence-corrected chi connectivity index (χ1v) is 10.6. The van der Waals surface area contributed by atoms with Gasteiger partial charge in [-0.15, -0.1) is 10.2 Å². The molecule has 29 heavy (non-hydrogen) atoms. The fourth-order valence-corrected chi connectivity index (χ4v) is 4.08. The van der Waals surface area contributed by atoms with Crippen molar-refractivity contribution in [3.8, 4) is 28.6 Å². The summed E-state index contributed by atoms with van der Waals surface area (Å²) in [6, 6.07) is 10.9. The minimum Gasteiger partial charge on any atom is -0.496 e. The van der Waals surface area contributed by atoms with E-state index in [-0.39, 0.29) is 0 Å². The Morgan fingerprint density at radius 3 is 2.41 bits per heavy atom. The van der Waals surface area contributed by atoms with E-state index in [2.05, 4.69) is 10.2 Å². The number of hydrogen-bond acceptors (Lipinski definition) is 6. The maximum absolute atomic E-state index is 6.38. The maximum atomic E-state index is 6.38. The molecule has 2 aromatic carbocycles. The summed E-state index contributed by atoms with van der Waals surface area (Å²) < 4.78 is 17.9. The highest BCUT2D eigenvalue weighted by Crippen LogP contribution is 2.36. The highest BCUT2D eigenvalue weighted by Gasteiger charge is 2.20. The molecular weight excluding hydrogens is 433 g/mol. The number of rotatable bonds is 9. The summed E-state index contributed by atoms with van der Waals surface area (Å²) in [6.45, 7) is 0.685. The number of halogens is 2. The van der Waals surface area contributed by atoms with Gasteiger partial charge < -0.3 is 14.2 Å². The smallest absolute Gasteiger partial charge is 0.196 e. The van der Waals surface area contributed by atoms with Crippen LogP contribution < -0.4 is 9.47 Å². The van der Waals surface area contributed by atoms with Crippen LogP contribution >= 0.6 is 35.0 Å². The van der Waals surface area contributed by atoms with E-state index < -0.39 is 0 Å². The predicted molar refractivity (Wildman–Crippen MR) is 117 cm³/mol. The van der Waals surface area contributed by atoms with Crippen molar-refractivity contribution < 1.29 is 14.2 Å². The van der Waals surface area contributed by atoms with Gasteiger partial charge in [0.2, 0.25) is 0 Å². The SMILES string of the molecule is COCCCSc1nnc(-c2cc(Cl)ccc2OC)n1-c1ccc(OC)c(Cl)c1. The van der Waals surface area contributed by atoms with E-state index in [1.807, 2.05) is 34.9 Å². The number of hydrogen-bond donors (Lipinski definition) is 0. The Hall–Kier alpha value is -1.93. The predicted octanol–water partition coefficient (Wildman–Crippen LogP) is 5.39. The summed E-state index contributed by atoms with van der Waals surface area (Å²) in [4.78, 5) is 0. The lowest BCUT2D eigenvalue weighted by Gasteiger charge is -2.14. The molecule has 1 heterocycles. The normalized spacial score (nSPS) is 10.9. The average molecular weight is 454 g/mol. The first-order chi connectivity index (χ1) is 14.1. The van der Waals surface area contributed by atoms with Crippen LogP contribution in [0.25, 0.3) is 17.1 Å².